The molecule has 5 rings (SSSR count). The zero-order valence-electron chi connectivity index (χ0n) is 26.5. The third kappa shape index (κ3) is 13.2. The van der Waals surface area contributed by atoms with Gasteiger partial charge >= 0.3 is 0 Å². The SMILES string of the molecule is CC.CC.CC.CC.Cc1cccc(Nc2cccc3ccccc23)c1.Cc1cccc(Nc2ccccc2)c1. The quantitative estimate of drug-likeness (QED) is 0.239. The molecule has 5 aromatic carbocycles. The van der Waals surface area contributed by atoms with Gasteiger partial charge in [-0.05, 0) is 72.8 Å². The summed E-state index contributed by atoms with van der Waals surface area (Å²) in [5.41, 5.74) is 7.07. The Morgan fingerprint density at radius 2 is 0.800 bits per heavy atom. The zero-order chi connectivity index (χ0) is 30.2. The van der Waals surface area contributed by atoms with Gasteiger partial charge in [0.05, 0.1) is 0 Å². The van der Waals surface area contributed by atoms with Crippen LogP contribution in [0.5, 0.6) is 0 Å². The summed E-state index contributed by atoms with van der Waals surface area (Å²) in [7, 11) is 0. The predicted molar refractivity (Wildman–Crippen MR) is 185 cm³/mol. The first-order chi connectivity index (χ1) is 19.7. The summed E-state index contributed by atoms with van der Waals surface area (Å²) < 4.78 is 0. The molecule has 0 aliphatic heterocycles. The summed E-state index contributed by atoms with van der Waals surface area (Å²) in [6.45, 7) is 20.2. The highest BCUT2D eigenvalue weighted by Gasteiger charge is 2.00. The molecule has 2 N–H and O–H groups in total. The Kier molecular flexibility index (Phi) is 20.6. The van der Waals surface area contributed by atoms with Crippen LogP contribution < -0.4 is 10.6 Å². The van der Waals surface area contributed by atoms with E-state index in [9.17, 15) is 0 Å². The van der Waals surface area contributed by atoms with Crippen LogP contribution in [0.1, 0.15) is 66.5 Å². The van der Waals surface area contributed by atoms with Crippen molar-refractivity contribution in [1.29, 1.82) is 0 Å². The largest absolute Gasteiger partial charge is 0.356 e. The molecule has 0 radical (unpaired) electrons. The van der Waals surface area contributed by atoms with Crippen molar-refractivity contribution in [2.45, 2.75) is 69.2 Å². The first-order valence-corrected chi connectivity index (χ1v) is 14.9. The average molecular weight is 537 g/mol. The van der Waals surface area contributed by atoms with Crippen molar-refractivity contribution < 1.29 is 0 Å². The van der Waals surface area contributed by atoms with Gasteiger partial charge in [-0.15, -0.1) is 0 Å². The lowest BCUT2D eigenvalue weighted by atomic mass is 10.1. The van der Waals surface area contributed by atoms with Crippen molar-refractivity contribution in [2.75, 3.05) is 10.6 Å². The lowest BCUT2D eigenvalue weighted by Gasteiger charge is -2.10. The van der Waals surface area contributed by atoms with Gasteiger partial charge < -0.3 is 10.6 Å². The smallest absolute Gasteiger partial charge is 0.0463 e. The summed E-state index contributed by atoms with van der Waals surface area (Å²) in [6.07, 6.45) is 0. The number of anilines is 4. The van der Waals surface area contributed by atoms with Gasteiger partial charge in [0.2, 0.25) is 0 Å². The Morgan fingerprint density at radius 1 is 0.375 bits per heavy atom. The Bertz CT molecular complexity index is 1290. The van der Waals surface area contributed by atoms with Crippen LogP contribution in [0.25, 0.3) is 10.8 Å². The number of hydrogen-bond donors (Lipinski definition) is 2. The van der Waals surface area contributed by atoms with Crippen LogP contribution in [0.3, 0.4) is 0 Å². The second-order valence-corrected chi connectivity index (χ2v) is 7.88. The molecule has 40 heavy (non-hydrogen) atoms. The first kappa shape index (κ1) is 36.0. The Hall–Kier alpha value is -4.04. The van der Waals surface area contributed by atoms with Gasteiger partial charge in [0.25, 0.3) is 0 Å². The molecule has 0 bridgehead atoms. The molecule has 0 aliphatic rings. The number of para-hydroxylation sites is 1. The van der Waals surface area contributed by atoms with Gasteiger partial charge in [0.15, 0.2) is 0 Å². The molecule has 0 unspecified atom stereocenters. The van der Waals surface area contributed by atoms with E-state index < -0.39 is 0 Å². The number of fused-ring (bicyclic) bond motifs is 1. The van der Waals surface area contributed by atoms with Crippen LogP contribution in [0, 0.1) is 13.8 Å². The van der Waals surface area contributed by atoms with Crippen LogP contribution >= 0.6 is 0 Å². The minimum Gasteiger partial charge on any atom is -0.356 e. The molecule has 0 fully saturated rings. The molecule has 214 valence electrons. The normalized spacial score (nSPS) is 8.75. The minimum absolute atomic E-state index is 1.12. The van der Waals surface area contributed by atoms with E-state index in [4.69, 9.17) is 0 Å². The van der Waals surface area contributed by atoms with Crippen LogP contribution in [-0.4, -0.2) is 0 Å². The maximum atomic E-state index is 3.49. The standard InChI is InChI=1S/C17H15N.C13H13N.4C2H6/c1-13-6-4-9-15(12-13)18-17-11-5-8-14-7-2-3-10-16(14)17;1-11-6-5-9-13(10-11)14-12-7-3-2-4-8-12;4*1-2/h2-12,18H,1H3;2-10,14H,1H3;4*1-2H3. The summed E-state index contributed by atoms with van der Waals surface area (Å²) in [5, 5.41) is 9.34. The molecule has 0 spiro atoms. The second-order valence-electron chi connectivity index (χ2n) is 7.88. The van der Waals surface area contributed by atoms with Crippen molar-refractivity contribution in [2.24, 2.45) is 0 Å². The maximum absolute atomic E-state index is 3.49. The zero-order valence-corrected chi connectivity index (χ0v) is 26.5. The predicted octanol–water partition coefficient (Wildman–Crippen LogP) is 12.7. The first-order valence-electron chi connectivity index (χ1n) is 14.9. The molecule has 0 aliphatic carbocycles. The average Bonchev–Trinajstić information content (AvgIpc) is 3.02. The summed E-state index contributed by atoms with van der Waals surface area (Å²) in [4.78, 5) is 0. The van der Waals surface area contributed by atoms with Crippen molar-refractivity contribution in [1.82, 2.24) is 0 Å². The van der Waals surface area contributed by atoms with Gasteiger partial charge in [-0.1, -0.05) is 134 Å². The number of rotatable bonds is 4. The molecule has 2 heteroatoms. The van der Waals surface area contributed by atoms with E-state index in [-0.39, 0.29) is 0 Å². The van der Waals surface area contributed by atoms with E-state index in [2.05, 4.69) is 128 Å². The maximum Gasteiger partial charge on any atom is 0.0463 e. The fraction of sp³-hybridized carbons (Fsp3) is 0.263. The van der Waals surface area contributed by atoms with Crippen LogP contribution in [0.2, 0.25) is 0 Å². The fourth-order valence-electron chi connectivity index (χ4n) is 3.62. The highest BCUT2D eigenvalue weighted by atomic mass is 14.9. The van der Waals surface area contributed by atoms with Gasteiger partial charge in [-0.3, -0.25) is 0 Å². The van der Waals surface area contributed by atoms with Crippen LogP contribution in [-0.2, 0) is 0 Å². The van der Waals surface area contributed by atoms with Crippen molar-refractivity contribution >= 4 is 33.5 Å². The summed E-state index contributed by atoms with van der Waals surface area (Å²) >= 11 is 0. The van der Waals surface area contributed by atoms with E-state index in [1.54, 1.807) is 0 Å². The Labute approximate surface area is 245 Å². The molecular formula is C38H52N2. The molecule has 5 aromatic rings. The van der Waals surface area contributed by atoms with E-state index in [0.717, 1.165) is 22.7 Å². The van der Waals surface area contributed by atoms with Crippen molar-refractivity contribution in [3.8, 4) is 0 Å². The topological polar surface area (TPSA) is 24.1 Å². The van der Waals surface area contributed by atoms with Gasteiger partial charge in [-0.25, -0.2) is 0 Å². The number of nitrogens with one attached hydrogen (secondary N) is 2. The van der Waals surface area contributed by atoms with Crippen molar-refractivity contribution in [3.05, 3.63) is 132 Å². The highest BCUT2D eigenvalue weighted by molar-refractivity contribution is 5.95. The van der Waals surface area contributed by atoms with E-state index in [0.29, 0.717) is 0 Å². The number of hydrogen-bond acceptors (Lipinski definition) is 2. The van der Waals surface area contributed by atoms with Gasteiger partial charge in [0.1, 0.15) is 0 Å². The monoisotopic (exact) mass is 536 g/mol. The van der Waals surface area contributed by atoms with Crippen LogP contribution in [0.15, 0.2) is 121 Å². The summed E-state index contributed by atoms with van der Waals surface area (Å²) in [5.74, 6) is 0. The second kappa shape index (κ2) is 22.9. The molecule has 0 aromatic heterocycles. The van der Waals surface area contributed by atoms with Crippen molar-refractivity contribution in [3.63, 3.8) is 0 Å². The van der Waals surface area contributed by atoms with E-state index in [1.165, 1.54) is 21.9 Å². The van der Waals surface area contributed by atoms with Gasteiger partial charge in [0, 0.05) is 28.1 Å². The highest BCUT2D eigenvalue weighted by Crippen LogP contribution is 2.26. The molecule has 0 saturated heterocycles. The third-order valence-electron chi connectivity index (χ3n) is 5.17. The van der Waals surface area contributed by atoms with Crippen LogP contribution in [0.4, 0.5) is 22.7 Å². The molecule has 0 saturated carbocycles. The summed E-state index contributed by atoms with van der Waals surface area (Å²) in [6, 6.07) is 41.7. The lowest BCUT2D eigenvalue weighted by Crippen LogP contribution is -1.91. The minimum atomic E-state index is 1.12. The van der Waals surface area contributed by atoms with Gasteiger partial charge in [-0.2, -0.15) is 0 Å². The Morgan fingerprint density at radius 3 is 1.35 bits per heavy atom. The third-order valence-corrected chi connectivity index (χ3v) is 5.17. The van der Waals surface area contributed by atoms with E-state index >= 15 is 0 Å². The molecule has 2 nitrogen and oxygen atoms in total. The number of benzene rings is 5. The van der Waals surface area contributed by atoms with E-state index in [1.807, 2.05) is 73.6 Å². The fourth-order valence-corrected chi connectivity index (χ4v) is 3.62. The number of aryl methyl sites for hydroxylation is 2. The molecule has 0 heterocycles. The molecular weight excluding hydrogens is 484 g/mol. The molecule has 0 amide bonds. The lowest BCUT2D eigenvalue weighted by molar-refractivity contribution is 1.45. The Balaban J connectivity index is 0.000000621. The molecule has 0 atom stereocenters.